The molecular weight excluding hydrogens is 591 g/mol. The number of carbonyl (C=O) groups is 2. The maximum atomic E-state index is 12.2. The molecule has 0 bridgehead atoms. The number of hydrogen-bond acceptors (Lipinski definition) is 7. The van der Waals surface area contributed by atoms with E-state index in [1.165, 1.54) is 12.8 Å². The Morgan fingerprint density at radius 2 is 1.00 bits per heavy atom. The van der Waals surface area contributed by atoms with E-state index in [4.69, 9.17) is 9.47 Å². The van der Waals surface area contributed by atoms with Gasteiger partial charge in [0.15, 0.2) is 0 Å². The smallest absolute Gasteiger partial charge is 0.410 e. The van der Waals surface area contributed by atoms with E-state index in [1.807, 2.05) is 77.3 Å². The van der Waals surface area contributed by atoms with Crippen molar-refractivity contribution in [1.82, 2.24) is 19.9 Å². The number of nitrogens with zero attached hydrogens (tertiary/aromatic N) is 3. The Hall–Kier alpha value is -3.08. The Morgan fingerprint density at radius 3 is 1.38 bits per heavy atom. The van der Waals surface area contributed by atoms with Gasteiger partial charge >= 0.3 is 19.2 Å². The lowest BCUT2D eigenvalue weighted by atomic mass is 9.75. The van der Waals surface area contributed by atoms with Crippen LogP contribution in [0, 0.1) is 23.7 Å². The molecule has 4 fully saturated rings. The Bertz CT molecular complexity index is 1190. The number of rotatable bonds is 7. The van der Waals surface area contributed by atoms with Gasteiger partial charge in [-0.2, -0.15) is 0 Å². The number of ether oxygens (including phenoxy) is 2. The summed E-state index contributed by atoms with van der Waals surface area (Å²) in [6.07, 6.45) is 8.96. The van der Waals surface area contributed by atoms with Crippen LogP contribution < -0.4 is 5.32 Å². The minimum Gasteiger partial charge on any atom is -0.445 e. The lowest BCUT2D eigenvalue weighted by Gasteiger charge is -2.40. The summed E-state index contributed by atoms with van der Waals surface area (Å²) < 4.78 is 10.9. The minimum absolute atomic E-state index is 0.160. The summed E-state index contributed by atoms with van der Waals surface area (Å²) in [4.78, 5) is 30.3. The van der Waals surface area contributed by atoms with E-state index in [0.29, 0.717) is 19.1 Å². The van der Waals surface area contributed by atoms with Crippen molar-refractivity contribution in [3.05, 3.63) is 71.8 Å². The molecular formula is C37H55BN4O5. The van der Waals surface area contributed by atoms with E-state index < -0.39 is 0 Å². The van der Waals surface area contributed by atoms with E-state index in [2.05, 4.69) is 10.1 Å². The van der Waals surface area contributed by atoms with Crippen LogP contribution in [0.15, 0.2) is 60.7 Å². The molecule has 4 aliphatic heterocycles. The van der Waals surface area contributed by atoms with Gasteiger partial charge in [0.2, 0.25) is 0 Å². The van der Waals surface area contributed by atoms with Gasteiger partial charge in [0.25, 0.3) is 0 Å². The molecule has 2 aromatic carbocycles. The number of hydrogen-bond donors (Lipinski definition) is 2. The number of piperidine rings is 4. The highest BCUT2D eigenvalue weighted by Crippen LogP contribution is 2.33. The lowest BCUT2D eigenvalue weighted by molar-refractivity contribution is 0.0691. The van der Waals surface area contributed by atoms with Crippen LogP contribution in [0.3, 0.4) is 0 Å². The zero-order chi connectivity index (χ0) is 32.8. The van der Waals surface area contributed by atoms with Crippen molar-refractivity contribution in [2.75, 3.05) is 52.4 Å². The number of amides is 2. The van der Waals surface area contributed by atoms with Crippen molar-refractivity contribution in [2.45, 2.75) is 71.4 Å². The normalized spacial score (nSPS) is 20.6. The second-order valence-corrected chi connectivity index (χ2v) is 13.8. The number of benzene rings is 2. The Balaban J connectivity index is 0.000000186. The molecule has 2 amide bonds. The number of likely N-dealkylation sites (tertiary alicyclic amines) is 2. The van der Waals surface area contributed by atoms with Gasteiger partial charge in [0.05, 0.1) is 0 Å². The van der Waals surface area contributed by atoms with Gasteiger partial charge in [0.1, 0.15) is 13.2 Å². The molecule has 0 saturated carbocycles. The Kier molecular flexibility index (Phi) is 13.8. The average Bonchev–Trinajstić information content (AvgIpc) is 3.14. The molecule has 4 aliphatic rings. The fourth-order valence-corrected chi connectivity index (χ4v) is 7.81. The summed E-state index contributed by atoms with van der Waals surface area (Å²) in [6.45, 7) is 10.1. The highest BCUT2D eigenvalue weighted by Gasteiger charge is 2.33. The van der Waals surface area contributed by atoms with Crippen molar-refractivity contribution in [1.29, 1.82) is 0 Å². The van der Waals surface area contributed by atoms with Crippen molar-refractivity contribution in [3.63, 3.8) is 0 Å². The van der Waals surface area contributed by atoms with Gasteiger partial charge in [-0.25, -0.2) is 9.59 Å². The first-order valence-corrected chi connectivity index (χ1v) is 18.0. The van der Waals surface area contributed by atoms with Crippen molar-refractivity contribution >= 4 is 19.2 Å². The van der Waals surface area contributed by atoms with E-state index in [0.717, 1.165) is 120 Å². The van der Waals surface area contributed by atoms with Gasteiger partial charge in [0, 0.05) is 26.2 Å². The number of carbonyl (C=O) groups excluding carboxylic acids is 2. The van der Waals surface area contributed by atoms with Crippen LogP contribution in [0.1, 0.15) is 62.5 Å². The molecule has 4 saturated heterocycles. The zero-order valence-electron chi connectivity index (χ0n) is 28.3. The maximum absolute atomic E-state index is 12.2. The molecule has 9 nitrogen and oxygen atoms in total. The molecule has 256 valence electrons. The molecule has 0 radical (unpaired) electrons. The Labute approximate surface area is 282 Å². The predicted octanol–water partition coefficient (Wildman–Crippen LogP) is 5.89. The van der Waals surface area contributed by atoms with E-state index in [-0.39, 0.29) is 19.2 Å². The van der Waals surface area contributed by atoms with E-state index in [9.17, 15) is 14.6 Å². The van der Waals surface area contributed by atoms with Crippen LogP contribution in [0.4, 0.5) is 9.59 Å². The molecule has 2 aromatic rings. The van der Waals surface area contributed by atoms with Crippen LogP contribution >= 0.6 is 0 Å². The zero-order valence-corrected chi connectivity index (χ0v) is 28.3. The quantitative estimate of drug-likeness (QED) is 0.363. The summed E-state index contributed by atoms with van der Waals surface area (Å²) in [6, 6.07) is 19.7. The third-order valence-corrected chi connectivity index (χ3v) is 10.8. The van der Waals surface area contributed by atoms with Gasteiger partial charge in [-0.1, -0.05) is 60.7 Å². The number of nitrogens with one attached hydrogen (secondary N) is 1. The average molecular weight is 647 g/mol. The molecule has 0 aromatic heterocycles. The van der Waals surface area contributed by atoms with Crippen LogP contribution in [0.5, 0.6) is 0 Å². The predicted molar refractivity (Wildman–Crippen MR) is 186 cm³/mol. The minimum atomic E-state index is -0.331. The first-order valence-electron chi connectivity index (χ1n) is 18.0. The van der Waals surface area contributed by atoms with E-state index in [1.54, 1.807) is 0 Å². The SMILES string of the molecule is CB(O)N1CCC(C2CCN(C(=O)OCc3ccccc3)CC2)CC1.O=C(OCc1ccccc1)N1CCC(C2CCNCC2)CC1. The van der Waals surface area contributed by atoms with Gasteiger partial charge < -0.3 is 34.4 Å². The summed E-state index contributed by atoms with van der Waals surface area (Å²) >= 11 is 0. The first-order chi connectivity index (χ1) is 23.0. The lowest BCUT2D eigenvalue weighted by Crippen LogP contribution is -2.46. The summed E-state index contributed by atoms with van der Waals surface area (Å²) in [5, 5.41) is 13.1. The van der Waals surface area contributed by atoms with Crippen LogP contribution in [-0.2, 0) is 22.7 Å². The van der Waals surface area contributed by atoms with Crippen LogP contribution in [0.25, 0.3) is 0 Å². The third-order valence-electron chi connectivity index (χ3n) is 10.8. The summed E-state index contributed by atoms with van der Waals surface area (Å²) in [5.74, 6) is 3.08. The molecule has 0 unspecified atom stereocenters. The van der Waals surface area contributed by atoms with Gasteiger partial charge in [-0.3, -0.25) is 0 Å². The van der Waals surface area contributed by atoms with Gasteiger partial charge in [-0.05, 0) is 119 Å². The molecule has 0 atom stereocenters. The molecule has 47 heavy (non-hydrogen) atoms. The topological polar surface area (TPSA) is 94.6 Å². The fourth-order valence-electron chi connectivity index (χ4n) is 7.81. The molecule has 0 spiro atoms. The van der Waals surface area contributed by atoms with Gasteiger partial charge in [-0.15, -0.1) is 0 Å². The van der Waals surface area contributed by atoms with E-state index >= 15 is 0 Å². The fraction of sp³-hybridized carbons (Fsp3) is 0.622. The van der Waals surface area contributed by atoms with Crippen molar-refractivity contribution < 1.29 is 24.1 Å². The van der Waals surface area contributed by atoms with Crippen LogP contribution in [0.2, 0.25) is 6.82 Å². The summed E-state index contributed by atoms with van der Waals surface area (Å²) in [7, 11) is -0.331. The molecule has 6 rings (SSSR count). The highest BCUT2D eigenvalue weighted by atomic mass is 16.6. The largest absolute Gasteiger partial charge is 0.445 e. The first kappa shape index (κ1) is 35.2. The third kappa shape index (κ3) is 11.0. The second kappa shape index (κ2) is 18.5. The van der Waals surface area contributed by atoms with Crippen molar-refractivity contribution in [2.24, 2.45) is 23.7 Å². The summed E-state index contributed by atoms with van der Waals surface area (Å²) in [5.41, 5.74) is 2.07. The highest BCUT2D eigenvalue weighted by molar-refractivity contribution is 6.45. The van der Waals surface area contributed by atoms with Crippen molar-refractivity contribution in [3.8, 4) is 0 Å². The Morgan fingerprint density at radius 1 is 0.638 bits per heavy atom. The standard InChI is InChI=1S/C19H29BN2O3.C18H26N2O2/c1-20(24)22-13-9-18(10-14-22)17-7-11-21(12-8-17)19(23)25-15-16-5-3-2-4-6-16;21-18(22-14-15-4-2-1-3-5-15)20-12-8-17(9-13-20)16-6-10-19-11-7-16/h2-6,17-18,24H,7-15H2,1H3;1-5,16-17,19H,6-14H2. The monoisotopic (exact) mass is 646 g/mol. The molecule has 2 N–H and O–H groups in total. The van der Waals surface area contributed by atoms with Crippen LogP contribution in [-0.4, -0.2) is 91.2 Å². The second-order valence-electron chi connectivity index (χ2n) is 13.8. The molecule has 0 aliphatic carbocycles. The maximum Gasteiger partial charge on any atom is 0.410 e. The molecule has 10 heteroatoms. The molecule has 4 heterocycles.